The molecule has 0 aromatic carbocycles. The number of nitrogen functional groups attached to an aromatic ring is 1. The van der Waals surface area contributed by atoms with Gasteiger partial charge in [-0.3, -0.25) is 9.69 Å². The van der Waals surface area contributed by atoms with Gasteiger partial charge in [-0.25, -0.2) is 9.97 Å². The second-order valence-electron chi connectivity index (χ2n) is 7.06. The lowest BCUT2D eigenvalue weighted by Gasteiger charge is -2.24. The minimum atomic E-state index is 0.0234. The van der Waals surface area contributed by atoms with Crippen molar-refractivity contribution < 1.29 is 4.79 Å². The summed E-state index contributed by atoms with van der Waals surface area (Å²) in [6, 6.07) is 4.27. The van der Waals surface area contributed by atoms with Crippen LogP contribution in [0.4, 0.5) is 5.95 Å². The van der Waals surface area contributed by atoms with E-state index in [1.807, 2.05) is 4.90 Å². The summed E-state index contributed by atoms with van der Waals surface area (Å²) in [6.45, 7) is 4.40. The third kappa shape index (κ3) is 3.73. The predicted molar refractivity (Wildman–Crippen MR) is 103 cm³/mol. The number of rotatable bonds is 3. The quantitative estimate of drug-likeness (QED) is 0.896. The van der Waals surface area contributed by atoms with Crippen molar-refractivity contribution in [2.75, 3.05) is 31.9 Å². The van der Waals surface area contributed by atoms with Crippen LogP contribution in [0, 0.1) is 0 Å². The maximum absolute atomic E-state index is 13.2. The van der Waals surface area contributed by atoms with Crippen LogP contribution in [0.2, 0.25) is 0 Å². The van der Waals surface area contributed by atoms with Crippen molar-refractivity contribution in [1.82, 2.24) is 19.8 Å². The Morgan fingerprint density at radius 1 is 1.12 bits per heavy atom. The van der Waals surface area contributed by atoms with Crippen LogP contribution in [0.25, 0.3) is 0 Å². The number of aromatic nitrogens is 2. The molecule has 1 aliphatic heterocycles. The van der Waals surface area contributed by atoms with Crippen molar-refractivity contribution in [2.24, 2.45) is 0 Å². The number of fused-ring (bicyclic) bond motifs is 1. The normalized spacial score (nSPS) is 18.4. The van der Waals surface area contributed by atoms with E-state index in [1.54, 1.807) is 11.3 Å². The van der Waals surface area contributed by atoms with Crippen LogP contribution < -0.4 is 5.73 Å². The highest BCUT2D eigenvalue weighted by Gasteiger charge is 2.27. The highest BCUT2D eigenvalue weighted by atomic mass is 32.1. The fraction of sp³-hybridized carbons (Fsp3) is 0.526. The monoisotopic (exact) mass is 371 g/mol. The molecule has 26 heavy (non-hydrogen) atoms. The maximum Gasteiger partial charge on any atom is 0.272 e. The highest BCUT2D eigenvalue weighted by molar-refractivity contribution is 7.09. The molecule has 4 rings (SSSR count). The van der Waals surface area contributed by atoms with E-state index in [-0.39, 0.29) is 11.9 Å². The van der Waals surface area contributed by atoms with Crippen molar-refractivity contribution in [3.63, 3.8) is 0 Å². The molecule has 1 aliphatic carbocycles. The Balaban J connectivity index is 1.48. The maximum atomic E-state index is 13.2. The molecule has 7 heteroatoms. The summed E-state index contributed by atoms with van der Waals surface area (Å²) in [4.78, 5) is 27.6. The summed E-state index contributed by atoms with van der Waals surface area (Å²) in [5.41, 5.74) is 8.42. The molecule has 138 valence electrons. The molecule has 1 fully saturated rings. The fourth-order valence-corrected chi connectivity index (χ4v) is 4.64. The largest absolute Gasteiger partial charge is 0.368 e. The molecule has 0 atom stereocenters. The first-order chi connectivity index (χ1) is 12.7. The van der Waals surface area contributed by atoms with Gasteiger partial charge in [0.05, 0.1) is 0 Å². The lowest BCUT2D eigenvalue weighted by Crippen LogP contribution is -2.36. The van der Waals surface area contributed by atoms with Gasteiger partial charge in [0, 0.05) is 48.9 Å². The van der Waals surface area contributed by atoms with Gasteiger partial charge in [0.25, 0.3) is 5.91 Å². The fourth-order valence-electron chi connectivity index (χ4n) is 3.89. The Morgan fingerprint density at radius 3 is 2.85 bits per heavy atom. The third-order valence-electron chi connectivity index (χ3n) is 5.24. The average Bonchev–Trinajstić information content (AvgIpc) is 3.04. The first-order valence-electron chi connectivity index (χ1n) is 9.40. The first-order valence-corrected chi connectivity index (χ1v) is 10.3. The molecule has 2 aromatic rings. The standard InChI is InChI=1S/C19H25N5OS/c20-19-21-16-7-2-1-6-15(16)17(22-19)18(25)24-9-4-8-23(10-11-24)13-14-5-3-12-26-14/h3,5,12H,1-2,4,6-11,13H2,(H2,20,21,22). The van der Waals surface area contributed by atoms with E-state index in [4.69, 9.17) is 5.73 Å². The van der Waals surface area contributed by atoms with E-state index < -0.39 is 0 Å². The summed E-state index contributed by atoms with van der Waals surface area (Å²) < 4.78 is 0. The Labute approximate surface area is 158 Å². The number of anilines is 1. The van der Waals surface area contributed by atoms with Crippen molar-refractivity contribution in [3.05, 3.63) is 39.3 Å². The number of thiophene rings is 1. The van der Waals surface area contributed by atoms with Crippen molar-refractivity contribution >= 4 is 23.2 Å². The number of nitrogens with two attached hydrogens (primary N) is 1. The van der Waals surface area contributed by atoms with E-state index in [9.17, 15) is 4.79 Å². The third-order valence-corrected chi connectivity index (χ3v) is 6.10. The number of aryl methyl sites for hydroxylation is 1. The zero-order chi connectivity index (χ0) is 17.9. The smallest absolute Gasteiger partial charge is 0.272 e. The molecule has 6 nitrogen and oxygen atoms in total. The zero-order valence-electron chi connectivity index (χ0n) is 15.0. The van der Waals surface area contributed by atoms with Gasteiger partial charge in [-0.15, -0.1) is 11.3 Å². The molecule has 1 amide bonds. The summed E-state index contributed by atoms with van der Waals surface area (Å²) in [7, 11) is 0. The minimum Gasteiger partial charge on any atom is -0.368 e. The Morgan fingerprint density at radius 2 is 2.00 bits per heavy atom. The lowest BCUT2D eigenvalue weighted by atomic mass is 9.94. The Bertz CT molecular complexity index is 776. The second kappa shape index (κ2) is 7.72. The molecule has 2 aliphatic rings. The van der Waals surface area contributed by atoms with Crippen LogP contribution >= 0.6 is 11.3 Å². The highest BCUT2D eigenvalue weighted by Crippen LogP contribution is 2.24. The van der Waals surface area contributed by atoms with E-state index in [0.29, 0.717) is 5.69 Å². The van der Waals surface area contributed by atoms with E-state index >= 15 is 0 Å². The van der Waals surface area contributed by atoms with Crippen molar-refractivity contribution in [1.29, 1.82) is 0 Å². The number of hydrogen-bond donors (Lipinski definition) is 1. The predicted octanol–water partition coefficient (Wildman–Crippen LogP) is 2.35. The molecule has 0 spiro atoms. The molecule has 0 saturated carbocycles. The van der Waals surface area contributed by atoms with E-state index in [2.05, 4.69) is 32.4 Å². The minimum absolute atomic E-state index is 0.0234. The van der Waals surface area contributed by atoms with Crippen molar-refractivity contribution in [3.8, 4) is 0 Å². The molecular formula is C19H25N5OS. The lowest BCUT2D eigenvalue weighted by molar-refractivity contribution is 0.0753. The molecule has 1 saturated heterocycles. The zero-order valence-corrected chi connectivity index (χ0v) is 15.8. The molecule has 0 bridgehead atoms. The molecule has 0 unspecified atom stereocenters. The number of carbonyl (C=O) groups is 1. The number of nitrogens with zero attached hydrogens (tertiary/aromatic N) is 4. The van der Waals surface area contributed by atoms with Gasteiger partial charge in [0.2, 0.25) is 5.95 Å². The van der Waals surface area contributed by atoms with Gasteiger partial charge in [-0.2, -0.15) is 0 Å². The van der Waals surface area contributed by atoms with E-state index in [1.165, 1.54) is 4.88 Å². The number of hydrogen-bond acceptors (Lipinski definition) is 6. The average molecular weight is 372 g/mol. The van der Waals surface area contributed by atoms with Gasteiger partial charge in [-0.1, -0.05) is 6.07 Å². The molecular weight excluding hydrogens is 346 g/mol. The van der Waals surface area contributed by atoms with Gasteiger partial charge in [-0.05, 0) is 43.6 Å². The van der Waals surface area contributed by atoms with Crippen molar-refractivity contribution in [2.45, 2.75) is 38.6 Å². The van der Waals surface area contributed by atoms with Crippen LogP contribution in [0.1, 0.15) is 45.9 Å². The van der Waals surface area contributed by atoms with Crippen LogP contribution in [0.3, 0.4) is 0 Å². The Hall–Kier alpha value is -1.99. The summed E-state index contributed by atoms with van der Waals surface area (Å²) in [6.07, 6.45) is 4.97. The molecule has 2 N–H and O–H groups in total. The van der Waals surface area contributed by atoms with Gasteiger partial charge in [0.15, 0.2) is 0 Å². The summed E-state index contributed by atoms with van der Waals surface area (Å²) in [5, 5.41) is 2.12. The summed E-state index contributed by atoms with van der Waals surface area (Å²) in [5.74, 6) is 0.248. The summed E-state index contributed by atoms with van der Waals surface area (Å²) >= 11 is 1.79. The molecule has 0 radical (unpaired) electrons. The van der Waals surface area contributed by atoms with Crippen LogP contribution in [0.15, 0.2) is 17.5 Å². The van der Waals surface area contributed by atoms with Crippen LogP contribution in [0.5, 0.6) is 0 Å². The second-order valence-corrected chi connectivity index (χ2v) is 8.10. The number of amides is 1. The number of carbonyl (C=O) groups excluding carboxylic acids is 1. The van der Waals surface area contributed by atoms with Gasteiger partial charge >= 0.3 is 0 Å². The topological polar surface area (TPSA) is 75.3 Å². The Kier molecular flexibility index (Phi) is 5.17. The molecule has 3 heterocycles. The van der Waals surface area contributed by atoms with Gasteiger partial charge < -0.3 is 10.6 Å². The van der Waals surface area contributed by atoms with E-state index in [0.717, 1.165) is 76.1 Å². The molecule has 2 aromatic heterocycles. The SMILES string of the molecule is Nc1nc2c(c(C(=O)N3CCCN(Cc4cccs4)CC3)n1)CCCC2. The van der Waals surface area contributed by atoms with Crippen LogP contribution in [-0.2, 0) is 19.4 Å². The van der Waals surface area contributed by atoms with Gasteiger partial charge in [0.1, 0.15) is 5.69 Å². The van der Waals surface area contributed by atoms with Crippen LogP contribution in [-0.4, -0.2) is 51.9 Å². The first kappa shape index (κ1) is 17.4.